The van der Waals surface area contributed by atoms with Gasteiger partial charge in [0.1, 0.15) is 11.5 Å². The van der Waals surface area contributed by atoms with Crippen molar-refractivity contribution >= 4 is 17.1 Å². The van der Waals surface area contributed by atoms with Gasteiger partial charge in [0, 0.05) is 5.41 Å². The highest BCUT2D eigenvalue weighted by molar-refractivity contribution is 6.63. The van der Waals surface area contributed by atoms with Crippen LogP contribution in [0, 0.1) is 0 Å². The zero-order valence-electron chi connectivity index (χ0n) is 19.0. The quantitative estimate of drug-likeness (QED) is 0.283. The summed E-state index contributed by atoms with van der Waals surface area (Å²) in [5.41, 5.74) is 2.13. The Morgan fingerprint density at radius 3 is 1.26 bits per heavy atom. The normalized spacial score (nSPS) is 12.6. The molecule has 8 heteroatoms. The summed E-state index contributed by atoms with van der Waals surface area (Å²) in [5, 5.41) is 0. The summed E-state index contributed by atoms with van der Waals surface area (Å²) in [6.07, 6.45) is 1.25. The fourth-order valence-corrected chi connectivity index (χ4v) is 4.92. The number of hydrogen-bond acceptors (Lipinski definition) is 6. The Balaban J connectivity index is 1.90. The Morgan fingerprint density at radius 2 is 0.968 bits per heavy atom. The molecule has 0 atom stereocenters. The molecule has 0 aromatic heterocycles. The van der Waals surface area contributed by atoms with Gasteiger partial charge in [-0.25, -0.2) is 0 Å². The fraction of sp³-hybridized carbons (Fsp3) is 0.478. The first-order valence-electron chi connectivity index (χ1n) is 10.7. The van der Waals surface area contributed by atoms with E-state index in [4.69, 9.17) is 9.47 Å². The minimum Gasteiger partial charge on any atom is -0.494 e. The van der Waals surface area contributed by atoms with Crippen molar-refractivity contribution in [3.63, 3.8) is 0 Å². The number of rotatable bonds is 12. The second-order valence-electron chi connectivity index (χ2n) is 9.01. The maximum Gasteiger partial charge on any atom is 0.329 e. The van der Waals surface area contributed by atoms with Gasteiger partial charge in [0.05, 0.1) is 13.2 Å². The first-order chi connectivity index (χ1) is 14.4. The Hall–Kier alpha value is -1.69. The lowest BCUT2D eigenvalue weighted by Gasteiger charge is -2.26. The Kier molecular flexibility index (Phi) is 8.87. The molecule has 0 amide bonds. The van der Waals surface area contributed by atoms with E-state index in [9.17, 15) is 19.2 Å². The lowest BCUT2D eigenvalue weighted by atomic mass is 9.78. The van der Waals surface area contributed by atoms with Crippen molar-refractivity contribution in [3.05, 3.63) is 59.7 Å². The average molecular weight is 465 g/mol. The molecule has 0 saturated heterocycles. The Labute approximate surface area is 187 Å². The third kappa shape index (κ3) is 9.14. The molecule has 0 radical (unpaired) electrons. The predicted molar refractivity (Wildman–Crippen MR) is 127 cm³/mol. The molecule has 0 aliphatic rings. The van der Waals surface area contributed by atoms with Crippen LogP contribution < -0.4 is 9.47 Å². The Bertz CT molecular complexity index is 725. The molecule has 6 nitrogen and oxygen atoms in total. The van der Waals surface area contributed by atoms with Crippen molar-refractivity contribution in [2.24, 2.45) is 0 Å². The highest BCUT2D eigenvalue weighted by Crippen LogP contribution is 2.33. The van der Waals surface area contributed by atoms with Crippen LogP contribution in [0.3, 0.4) is 0 Å². The molecule has 0 aliphatic carbocycles. The summed E-state index contributed by atoms with van der Waals surface area (Å²) in [4.78, 5) is 37.9. The van der Waals surface area contributed by atoms with E-state index in [-0.39, 0.29) is 5.41 Å². The molecule has 172 valence electrons. The molecule has 4 N–H and O–H groups in total. The molecule has 2 rings (SSSR count). The van der Waals surface area contributed by atoms with Crippen molar-refractivity contribution in [1.82, 2.24) is 0 Å². The molecular weight excluding hydrogens is 428 g/mol. The van der Waals surface area contributed by atoms with Crippen molar-refractivity contribution in [2.75, 3.05) is 13.2 Å². The summed E-state index contributed by atoms with van der Waals surface area (Å²) in [5.74, 6) is 1.54. The van der Waals surface area contributed by atoms with Crippen molar-refractivity contribution < 1.29 is 28.7 Å². The van der Waals surface area contributed by atoms with Gasteiger partial charge < -0.3 is 28.7 Å². The third-order valence-electron chi connectivity index (χ3n) is 5.28. The molecule has 2 aromatic rings. The van der Waals surface area contributed by atoms with E-state index in [0.717, 1.165) is 22.6 Å². The monoisotopic (exact) mass is 464 g/mol. The van der Waals surface area contributed by atoms with Crippen LogP contribution in [0.2, 0.25) is 25.2 Å². The maximum absolute atomic E-state index is 9.46. The predicted octanol–water partition coefficient (Wildman–Crippen LogP) is 3.66. The minimum absolute atomic E-state index is 0.195. The standard InChI is InChI=1S/C23H36O6Si2/c1-23(2,19-7-11-21(12-8-19)28-15-5-17-30(3,24)25)20-9-13-22(14-10-20)29-16-6-18-31(4,26)27/h7-14,24-27H,5-6,15-18H2,1-4H3. The summed E-state index contributed by atoms with van der Waals surface area (Å²) < 4.78 is 11.4. The molecule has 0 fully saturated rings. The minimum atomic E-state index is -3.00. The van der Waals surface area contributed by atoms with Gasteiger partial charge in [-0.15, -0.1) is 0 Å². The molecule has 0 bridgehead atoms. The van der Waals surface area contributed by atoms with Gasteiger partial charge in [0.2, 0.25) is 0 Å². The van der Waals surface area contributed by atoms with Crippen LogP contribution in [0.1, 0.15) is 37.8 Å². The van der Waals surface area contributed by atoms with Crippen molar-refractivity contribution in [3.8, 4) is 11.5 Å². The van der Waals surface area contributed by atoms with E-state index in [1.807, 2.05) is 24.3 Å². The maximum atomic E-state index is 9.46. The third-order valence-corrected chi connectivity index (χ3v) is 7.88. The molecule has 0 heterocycles. The first-order valence-corrected chi connectivity index (χ1v) is 15.9. The Morgan fingerprint density at radius 1 is 0.645 bits per heavy atom. The summed E-state index contributed by atoms with van der Waals surface area (Å²) in [6, 6.07) is 16.8. The van der Waals surface area contributed by atoms with Gasteiger partial charge in [-0.1, -0.05) is 38.1 Å². The zero-order valence-corrected chi connectivity index (χ0v) is 21.0. The molecule has 31 heavy (non-hydrogen) atoms. The second-order valence-corrected chi connectivity index (χ2v) is 14.9. The van der Waals surface area contributed by atoms with Gasteiger partial charge in [0.15, 0.2) is 0 Å². The largest absolute Gasteiger partial charge is 0.494 e. The fourth-order valence-electron chi connectivity index (χ4n) is 3.30. The summed E-state index contributed by atoms with van der Waals surface area (Å²) in [6.45, 7) is 8.28. The molecular formula is C23H36O6Si2. The van der Waals surface area contributed by atoms with Gasteiger partial charge in [0.25, 0.3) is 0 Å². The van der Waals surface area contributed by atoms with Crippen LogP contribution in [-0.2, 0) is 5.41 Å². The number of ether oxygens (including phenoxy) is 2. The topological polar surface area (TPSA) is 99.4 Å². The van der Waals surface area contributed by atoms with E-state index in [2.05, 4.69) is 38.1 Å². The van der Waals surface area contributed by atoms with E-state index in [1.165, 1.54) is 13.1 Å². The summed E-state index contributed by atoms with van der Waals surface area (Å²) >= 11 is 0. The summed E-state index contributed by atoms with van der Waals surface area (Å²) in [7, 11) is -5.99. The van der Waals surface area contributed by atoms with E-state index in [1.54, 1.807) is 0 Å². The van der Waals surface area contributed by atoms with E-state index >= 15 is 0 Å². The molecule has 0 saturated carbocycles. The van der Waals surface area contributed by atoms with Crippen LogP contribution in [-0.4, -0.2) is 49.5 Å². The highest BCUT2D eigenvalue weighted by atomic mass is 28.4. The first kappa shape index (κ1) is 25.6. The van der Waals surface area contributed by atoms with Gasteiger partial charge in [-0.05, 0) is 73.4 Å². The average Bonchev–Trinajstić information content (AvgIpc) is 2.68. The molecule has 0 aliphatic heterocycles. The second kappa shape index (κ2) is 10.8. The van der Waals surface area contributed by atoms with Crippen molar-refractivity contribution in [2.45, 2.75) is 57.3 Å². The molecule has 0 unspecified atom stereocenters. The lowest BCUT2D eigenvalue weighted by Crippen LogP contribution is -2.29. The zero-order chi connectivity index (χ0) is 23.1. The SMILES string of the molecule is CC(C)(c1ccc(OCCC[Si](C)(O)O)cc1)c1ccc(OCCC[Si](C)(O)O)cc1. The number of benzene rings is 2. The van der Waals surface area contributed by atoms with E-state index in [0.29, 0.717) is 38.1 Å². The van der Waals surface area contributed by atoms with Crippen LogP contribution in [0.5, 0.6) is 11.5 Å². The smallest absolute Gasteiger partial charge is 0.329 e. The van der Waals surface area contributed by atoms with Crippen LogP contribution in [0.25, 0.3) is 0 Å². The molecule has 2 aromatic carbocycles. The van der Waals surface area contributed by atoms with Gasteiger partial charge >= 0.3 is 17.1 Å². The van der Waals surface area contributed by atoms with Crippen LogP contribution in [0.4, 0.5) is 0 Å². The van der Waals surface area contributed by atoms with Crippen LogP contribution in [0.15, 0.2) is 48.5 Å². The van der Waals surface area contributed by atoms with Crippen LogP contribution >= 0.6 is 0 Å². The number of hydrogen-bond donors (Lipinski definition) is 4. The molecule has 0 spiro atoms. The van der Waals surface area contributed by atoms with E-state index < -0.39 is 17.1 Å². The lowest BCUT2D eigenvalue weighted by molar-refractivity contribution is 0.303. The van der Waals surface area contributed by atoms with Gasteiger partial charge in [-0.2, -0.15) is 0 Å². The van der Waals surface area contributed by atoms with Crippen molar-refractivity contribution in [1.29, 1.82) is 0 Å². The highest BCUT2D eigenvalue weighted by Gasteiger charge is 2.24. The van der Waals surface area contributed by atoms with Gasteiger partial charge in [-0.3, -0.25) is 0 Å².